The number of hydrogen-bond acceptors (Lipinski definition) is 5. The summed E-state index contributed by atoms with van der Waals surface area (Å²) in [5.41, 5.74) is 0. The number of hydrogen-bond donors (Lipinski definition) is 1. The molecule has 0 aliphatic rings. The quantitative estimate of drug-likeness (QED) is 0.0494. The van der Waals surface area contributed by atoms with E-state index in [1.54, 1.807) is 0 Å². The Morgan fingerprint density at radius 3 is 1.50 bits per heavy atom. The van der Waals surface area contributed by atoms with E-state index >= 15 is 0 Å². The summed E-state index contributed by atoms with van der Waals surface area (Å²) in [6, 6.07) is 0. The summed E-state index contributed by atoms with van der Waals surface area (Å²) in [6.45, 7) is 4.04. The number of esters is 2. The van der Waals surface area contributed by atoms with Gasteiger partial charge in [-0.25, -0.2) is 0 Å². The lowest BCUT2D eigenvalue weighted by Crippen LogP contribution is -2.28. The molecule has 0 fully saturated rings. The third-order valence-corrected chi connectivity index (χ3v) is 7.41. The van der Waals surface area contributed by atoms with Crippen LogP contribution in [-0.4, -0.2) is 36.4 Å². The number of aliphatic hydroxyl groups is 1. The summed E-state index contributed by atoms with van der Waals surface area (Å²) in [5, 5.41) is 9.50. The molecule has 0 saturated heterocycles. The zero-order valence-corrected chi connectivity index (χ0v) is 27.5. The fraction of sp³-hybridized carbons (Fsp3) is 0.784. The fourth-order valence-corrected chi connectivity index (χ4v) is 4.68. The number of carbonyl (C=O) groups is 2. The van der Waals surface area contributed by atoms with Gasteiger partial charge in [-0.1, -0.05) is 127 Å². The summed E-state index contributed by atoms with van der Waals surface area (Å²) in [7, 11) is 0. The molecule has 5 nitrogen and oxygen atoms in total. The van der Waals surface area contributed by atoms with Crippen molar-refractivity contribution in [2.45, 2.75) is 174 Å². The van der Waals surface area contributed by atoms with Crippen LogP contribution in [0.1, 0.15) is 168 Å². The van der Waals surface area contributed by atoms with Gasteiger partial charge in [-0.3, -0.25) is 9.59 Å². The molecule has 0 aromatic rings. The van der Waals surface area contributed by atoms with Crippen molar-refractivity contribution in [3.05, 3.63) is 36.5 Å². The molecule has 42 heavy (non-hydrogen) atoms. The van der Waals surface area contributed by atoms with E-state index in [9.17, 15) is 14.7 Å². The minimum atomic E-state index is -0.775. The van der Waals surface area contributed by atoms with E-state index in [2.05, 4.69) is 50.3 Å². The Hall–Kier alpha value is -1.88. The maximum absolute atomic E-state index is 12.1. The second-order valence-corrected chi connectivity index (χ2v) is 11.6. The molecule has 0 aliphatic carbocycles. The predicted molar refractivity (Wildman–Crippen MR) is 178 cm³/mol. The third kappa shape index (κ3) is 31.1. The van der Waals surface area contributed by atoms with Crippen LogP contribution in [0, 0.1) is 0 Å². The van der Waals surface area contributed by atoms with Gasteiger partial charge in [0.25, 0.3) is 0 Å². The van der Waals surface area contributed by atoms with Gasteiger partial charge < -0.3 is 14.6 Å². The molecule has 0 aromatic carbocycles. The topological polar surface area (TPSA) is 72.8 Å². The first-order chi connectivity index (χ1) is 20.6. The molecule has 0 amide bonds. The molecule has 0 unspecified atom stereocenters. The second kappa shape index (κ2) is 33.6. The van der Waals surface area contributed by atoms with E-state index in [0.29, 0.717) is 12.8 Å². The van der Waals surface area contributed by atoms with Gasteiger partial charge in [0, 0.05) is 12.8 Å². The standard InChI is InChI=1S/C37H66O5/c1-3-5-7-9-11-13-15-16-17-18-19-20-22-24-26-28-30-32-37(40)42-35(33-38)34-41-36(39)31-29-27-25-23-21-14-12-10-8-6-4-2/h10-13,16-17,35,38H,3-9,14-15,18-34H2,1-2H3/b12-10-,13-11-,17-16-/t35-/m0/s1. The smallest absolute Gasteiger partial charge is 0.306 e. The molecular formula is C37H66O5. The first-order valence-electron chi connectivity index (χ1n) is 17.5. The lowest BCUT2D eigenvalue weighted by atomic mass is 10.1. The summed E-state index contributed by atoms with van der Waals surface area (Å²) in [5.74, 6) is -0.613. The molecular weight excluding hydrogens is 524 g/mol. The number of rotatable bonds is 31. The van der Waals surface area contributed by atoms with Crippen LogP contribution in [0.2, 0.25) is 0 Å². The third-order valence-electron chi connectivity index (χ3n) is 7.41. The van der Waals surface area contributed by atoms with E-state index in [4.69, 9.17) is 9.47 Å². The highest BCUT2D eigenvalue weighted by molar-refractivity contribution is 5.70. The van der Waals surface area contributed by atoms with Gasteiger partial charge >= 0.3 is 11.9 Å². The maximum atomic E-state index is 12.1. The second-order valence-electron chi connectivity index (χ2n) is 11.6. The van der Waals surface area contributed by atoms with Crippen molar-refractivity contribution in [3.8, 4) is 0 Å². The van der Waals surface area contributed by atoms with Crippen LogP contribution in [-0.2, 0) is 19.1 Å². The van der Waals surface area contributed by atoms with Crippen LogP contribution in [0.4, 0.5) is 0 Å². The number of allylic oxidation sites excluding steroid dienone is 6. The molecule has 5 heteroatoms. The highest BCUT2D eigenvalue weighted by Crippen LogP contribution is 2.12. The highest BCUT2D eigenvalue weighted by Gasteiger charge is 2.16. The lowest BCUT2D eigenvalue weighted by molar-refractivity contribution is -0.161. The van der Waals surface area contributed by atoms with Gasteiger partial charge in [0.2, 0.25) is 0 Å². The Balaban J connectivity index is 3.60. The molecule has 244 valence electrons. The van der Waals surface area contributed by atoms with E-state index in [-0.39, 0.29) is 25.2 Å². The van der Waals surface area contributed by atoms with E-state index in [0.717, 1.165) is 57.8 Å². The SMILES string of the molecule is CCCC/C=C\CCCCCCCC(=O)OC[C@H](CO)OC(=O)CCCCCCCCC/C=C\C/C=C\CCCCC. The Morgan fingerprint density at radius 1 is 0.548 bits per heavy atom. The summed E-state index contributed by atoms with van der Waals surface area (Å²) in [6.07, 6.45) is 39.1. The molecule has 1 N–H and O–H groups in total. The Morgan fingerprint density at radius 2 is 0.976 bits per heavy atom. The average molecular weight is 591 g/mol. The predicted octanol–water partition coefficient (Wildman–Crippen LogP) is 10.5. The van der Waals surface area contributed by atoms with Crippen molar-refractivity contribution in [2.75, 3.05) is 13.2 Å². The highest BCUT2D eigenvalue weighted by atomic mass is 16.6. The molecule has 0 saturated carbocycles. The van der Waals surface area contributed by atoms with Crippen molar-refractivity contribution in [3.63, 3.8) is 0 Å². The average Bonchev–Trinajstić information content (AvgIpc) is 2.99. The van der Waals surface area contributed by atoms with Crippen LogP contribution in [0.15, 0.2) is 36.5 Å². The van der Waals surface area contributed by atoms with Crippen LogP contribution >= 0.6 is 0 Å². The van der Waals surface area contributed by atoms with Crippen molar-refractivity contribution in [1.82, 2.24) is 0 Å². The Kier molecular flexibility index (Phi) is 32.1. The van der Waals surface area contributed by atoms with E-state index in [1.165, 1.54) is 83.5 Å². The molecule has 0 aromatic heterocycles. The largest absolute Gasteiger partial charge is 0.462 e. The number of ether oxygens (including phenoxy) is 2. The zero-order valence-electron chi connectivity index (χ0n) is 27.5. The molecule has 0 bridgehead atoms. The molecule has 0 spiro atoms. The summed E-state index contributed by atoms with van der Waals surface area (Å²) >= 11 is 0. The molecule has 0 radical (unpaired) electrons. The van der Waals surface area contributed by atoms with E-state index < -0.39 is 6.10 Å². The van der Waals surface area contributed by atoms with Gasteiger partial charge in [0.15, 0.2) is 6.10 Å². The minimum absolute atomic E-state index is 0.0730. The van der Waals surface area contributed by atoms with Crippen LogP contribution in [0.5, 0.6) is 0 Å². The molecule has 0 rings (SSSR count). The number of carbonyl (C=O) groups excluding carboxylic acids is 2. The lowest BCUT2D eigenvalue weighted by Gasteiger charge is -2.15. The van der Waals surface area contributed by atoms with Gasteiger partial charge in [0.05, 0.1) is 6.61 Å². The van der Waals surface area contributed by atoms with Gasteiger partial charge in [0.1, 0.15) is 6.61 Å². The Bertz CT molecular complexity index is 682. The molecule has 1 atom stereocenters. The number of aliphatic hydroxyl groups excluding tert-OH is 1. The van der Waals surface area contributed by atoms with Crippen LogP contribution in [0.3, 0.4) is 0 Å². The monoisotopic (exact) mass is 590 g/mol. The van der Waals surface area contributed by atoms with Crippen molar-refractivity contribution in [1.29, 1.82) is 0 Å². The Labute approximate surface area is 259 Å². The summed E-state index contributed by atoms with van der Waals surface area (Å²) < 4.78 is 10.5. The maximum Gasteiger partial charge on any atom is 0.306 e. The van der Waals surface area contributed by atoms with Crippen molar-refractivity contribution < 1.29 is 24.2 Å². The first kappa shape index (κ1) is 40.1. The normalized spacial score (nSPS) is 12.5. The van der Waals surface area contributed by atoms with Crippen molar-refractivity contribution >= 4 is 11.9 Å². The van der Waals surface area contributed by atoms with Gasteiger partial charge in [-0.2, -0.15) is 0 Å². The van der Waals surface area contributed by atoms with Crippen LogP contribution < -0.4 is 0 Å². The minimum Gasteiger partial charge on any atom is -0.462 e. The molecule has 0 heterocycles. The first-order valence-corrected chi connectivity index (χ1v) is 17.5. The zero-order chi connectivity index (χ0) is 30.8. The van der Waals surface area contributed by atoms with Gasteiger partial charge in [-0.15, -0.1) is 0 Å². The summed E-state index contributed by atoms with van der Waals surface area (Å²) in [4.78, 5) is 24.1. The fourth-order valence-electron chi connectivity index (χ4n) is 4.68. The molecule has 0 aliphatic heterocycles. The van der Waals surface area contributed by atoms with E-state index in [1.807, 2.05) is 0 Å². The van der Waals surface area contributed by atoms with Gasteiger partial charge in [-0.05, 0) is 64.2 Å². The van der Waals surface area contributed by atoms with Crippen molar-refractivity contribution in [2.24, 2.45) is 0 Å². The van der Waals surface area contributed by atoms with Crippen LogP contribution in [0.25, 0.3) is 0 Å². The number of unbranched alkanes of at least 4 members (excludes halogenated alkanes) is 17.